The van der Waals surface area contributed by atoms with Crippen molar-refractivity contribution in [3.8, 4) is 11.5 Å². The van der Waals surface area contributed by atoms with Crippen molar-refractivity contribution in [2.75, 3.05) is 0 Å². The first-order chi connectivity index (χ1) is 14.3. The van der Waals surface area contributed by atoms with Crippen LogP contribution in [0.1, 0.15) is 23.9 Å². The third kappa shape index (κ3) is 3.28. The second-order valence-electron chi connectivity index (χ2n) is 7.12. The van der Waals surface area contributed by atoms with E-state index < -0.39 is 22.4 Å². The maximum atomic E-state index is 13.0. The number of non-ortho nitro benzene ring substituents is 1. The van der Waals surface area contributed by atoms with E-state index >= 15 is 0 Å². The van der Waals surface area contributed by atoms with E-state index in [9.17, 15) is 19.7 Å². The Morgan fingerprint density at radius 1 is 1.10 bits per heavy atom. The fraction of sp³-hybridized carbons (Fsp3) is 0.200. The Kier molecular flexibility index (Phi) is 4.53. The molecule has 30 heavy (non-hydrogen) atoms. The molecule has 0 saturated carbocycles. The van der Waals surface area contributed by atoms with E-state index in [0.29, 0.717) is 5.56 Å². The van der Waals surface area contributed by atoms with Crippen molar-refractivity contribution in [1.82, 2.24) is 20.4 Å². The van der Waals surface area contributed by atoms with Gasteiger partial charge in [0.1, 0.15) is 12.1 Å². The molecule has 2 heterocycles. The largest absolute Gasteiger partial charge is 0.419 e. The van der Waals surface area contributed by atoms with Gasteiger partial charge in [0.15, 0.2) is 0 Å². The lowest BCUT2D eigenvalue weighted by Gasteiger charge is -2.21. The zero-order chi connectivity index (χ0) is 21.5. The molecule has 0 bridgehead atoms. The summed E-state index contributed by atoms with van der Waals surface area (Å²) in [4.78, 5) is 36.7. The number of hydrogen-bond donors (Lipinski definition) is 1. The normalized spacial score (nSPS) is 18.5. The first kappa shape index (κ1) is 19.2. The standard InChI is InChI=1S/C20H17N5O5/c1-12-3-5-13(6-4-12)17-23-22-16(30-17)11-24-18(26)20(2,21-19(24)27)14-7-9-15(10-8-14)25(28)29/h3-10H,11H2,1-2H3,(H,21,27). The summed E-state index contributed by atoms with van der Waals surface area (Å²) in [5, 5.41) is 21.4. The highest BCUT2D eigenvalue weighted by Gasteiger charge is 2.49. The molecule has 3 amide bonds. The number of nitro groups is 1. The summed E-state index contributed by atoms with van der Waals surface area (Å²) in [6, 6.07) is 12.3. The average Bonchev–Trinajstić information content (AvgIpc) is 3.28. The number of aromatic nitrogens is 2. The highest BCUT2D eigenvalue weighted by molar-refractivity contribution is 6.07. The van der Waals surface area contributed by atoms with Crippen molar-refractivity contribution in [1.29, 1.82) is 0 Å². The Labute approximate surface area is 170 Å². The van der Waals surface area contributed by atoms with Gasteiger partial charge in [0, 0.05) is 17.7 Å². The topological polar surface area (TPSA) is 131 Å². The second-order valence-corrected chi connectivity index (χ2v) is 7.12. The van der Waals surface area contributed by atoms with Crippen molar-refractivity contribution in [3.63, 3.8) is 0 Å². The van der Waals surface area contributed by atoms with Crippen LogP contribution in [0.2, 0.25) is 0 Å². The summed E-state index contributed by atoms with van der Waals surface area (Å²) in [6.45, 7) is 3.31. The molecule has 1 atom stereocenters. The molecule has 2 aromatic carbocycles. The number of urea groups is 1. The van der Waals surface area contributed by atoms with Crippen LogP contribution in [0.5, 0.6) is 0 Å². The summed E-state index contributed by atoms with van der Waals surface area (Å²) in [5.74, 6) is -0.117. The Balaban J connectivity index is 1.54. The Bertz CT molecular complexity index is 1140. The summed E-state index contributed by atoms with van der Waals surface area (Å²) in [5.41, 5.74) is 0.785. The lowest BCUT2D eigenvalue weighted by molar-refractivity contribution is -0.384. The Morgan fingerprint density at radius 3 is 2.40 bits per heavy atom. The smallest absolute Gasteiger partial charge is 0.325 e. The first-order valence-corrected chi connectivity index (χ1v) is 9.06. The van der Waals surface area contributed by atoms with Crippen LogP contribution in [0.15, 0.2) is 52.9 Å². The van der Waals surface area contributed by atoms with E-state index in [1.807, 2.05) is 31.2 Å². The molecule has 0 spiro atoms. The predicted molar refractivity (Wildman–Crippen MR) is 104 cm³/mol. The maximum Gasteiger partial charge on any atom is 0.325 e. The predicted octanol–water partition coefficient (Wildman–Crippen LogP) is 2.92. The molecule has 0 aliphatic carbocycles. The average molecular weight is 407 g/mol. The van der Waals surface area contributed by atoms with Gasteiger partial charge in [-0.2, -0.15) is 0 Å². The molecular weight excluding hydrogens is 390 g/mol. The molecule has 4 rings (SSSR count). The van der Waals surface area contributed by atoms with Gasteiger partial charge in [-0.1, -0.05) is 17.7 Å². The molecule has 152 valence electrons. The Hall–Kier alpha value is -4.08. The number of carbonyl (C=O) groups excluding carboxylic acids is 2. The molecule has 1 aliphatic heterocycles. The van der Waals surface area contributed by atoms with Crippen LogP contribution in [-0.4, -0.2) is 32.0 Å². The van der Waals surface area contributed by atoms with Gasteiger partial charge in [0.05, 0.1) is 4.92 Å². The third-order valence-corrected chi connectivity index (χ3v) is 4.99. The van der Waals surface area contributed by atoms with Crippen LogP contribution in [0.25, 0.3) is 11.5 Å². The molecule has 1 aromatic heterocycles. The number of nitrogens with one attached hydrogen (secondary N) is 1. The van der Waals surface area contributed by atoms with Crippen LogP contribution in [-0.2, 0) is 16.9 Å². The van der Waals surface area contributed by atoms with Crippen molar-refractivity contribution in [2.45, 2.75) is 25.9 Å². The number of aryl methyl sites for hydroxylation is 1. The fourth-order valence-electron chi connectivity index (χ4n) is 3.22. The number of carbonyl (C=O) groups is 2. The molecular formula is C20H17N5O5. The molecule has 1 N–H and O–H groups in total. The SMILES string of the molecule is Cc1ccc(-c2nnc(CN3C(=O)NC(C)(c4ccc([N+](=O)[O-])cc4)C3=O)o2)cc1. The van der Waals surface area contributed by atoms with Crippen LogP contribution < -0.4 is 5.32 Å². The van der Waals surface area contributed by atoms with E-state index in [4.69, 9.17) is 4.42 Å². The minimum absolute atomic E-state index is 0.106. The van der Waals surface area contributed by atoms with Gasteiger partial charge >= 0.3 is 6.03 Å². The van der Waals surface area contributed by atoms with Gasteiger partial charge in [-0.15, -0.1) is 10.2 Å². The molecule has 1 aliphatic rings. The van der Waals surface area contributed by atoms with Gasteiger partial charge in [-0.25, -0.2) is 4.79 Å². The maximum absolute atomic E-state index is 13.0. The highest BCUT2D eigenvalue weighted by Crippen LogP contribution is 2.31. The lowest BCUT2D eigenvalue weighted by Crippen LogP contribution is -2.40. The van der Waals surface area contributed by atoms with E-state index in [0.717, 1.165) is 16.0 Å². The number of hydrogen-bond acceptors (Lipinski definition) is 7. The van der Waals surface area contributed by atoms with Crippen LogP contribution in [0.3, 0.4) is 0 Å². The summed E-state index contributed by atoms with van der Waals surface area (Å²) in [6.07, 6.45) is 0. The number of nitrogens with zero attached hydrogens (tertiary/aromatic N) is 4. The molecule has 10 nitrogen and oxygen atoms in total. The molecule has 1 saturated heterocycles. The van der Waals surface area contributed by atoms with Crippen LogP contribution in [0, 0.1) is 17.0 Å². The van der Waals surface area contributed by atoms with E-state index in [2.05, 4.69) is 15.5 Å². The van der Waals surface area contributed by atoms with Crippen molar-refractivity contribution >= 4 is 17.6 Å². The highest BCUT2D eigenvalue weighted by atomic mass is 16.6. The zero-order valence-corrected chi connectivity index (χ0v) is 16.2. The summed E-state index contributed by atoms with van der Waals surface area (Å²) in [7, 11) is 0. The van der Waals surface area contributed by atoms with E-state index in [1.54, 1.807) is 6.92 Å². The summed E-state index contributed by atoms with van der Waals surface area (Å²) < 4.78 is 5.61. The number of nitro benzene ring substituents is 1. The minimum Gasteiger partial charge on any atom is -0.419 e. The van der Waals surface area contributed by atoms with E-state index in [1.165, 1.54) is 24.3 Å². The molecule has 1 fully saturated rings. The van der Waals surface area contributed by atoms with Crippen molar-refractivity contribution in [2.24, 2.45) is 0 Å². The molecule has 0 radical (unpaired) electrons. The van der Waals surface area contributed by atoms with Crippen molar-refractivity contribution in [3.05, 3.63) is 75.7 Å². The number of amides is 3. The second kappa shape index (κ2) is 7.07. The van der Waals surface area contributed by atoms with Crippen molar-refractivity contribution < 1.29 is 18.9 Å². The van der Waals surface area contributed by atoms with E-state index in [-0.39, 0.29) is 24.0 Å². The third-order valence-electron chi connectivity index (χ3n) is 4.99. The van der Waals surface area contributed by atoms with Gasteiger partial charge < -0.3 is 9.73 Å². The quantitative estimate of drug-likeness (QED) is 0.391. The monoisotopic (exact) mass is 407 g/mol. The number of rotatable bonds is 5. The lowest BCUT2D eigenvalue weighted by atomic mass is 9.92. The molecule has 1 unspecified atom stereocenters. The first-order valence-electron chi connectivity index (χ1n) is 9.06. The van der Waals surface area contributed by atoms with Crippen LogP contribution in [0.4, 0.5) is 10.5 Å². The van der Waals surface area contributed by atoms with Crippen LogP contribution >= 0.6 is 0 Å². The minimum atomic E-state index is -1.36. The van der Waals surface area contributed by atoms with Gasteiger partial charge in [-0.05, 0) is 43.7 Å². The fourth-order valence-corrected chi connectivity index (χ4v) is 3.22. The molecule has 3 aromatic rings. The number of imide groups is 1. The number of benzene rings is 2. The van der Waals surface area contributed by atoms with Gasteiger partial charge in [0.25, 0.3) is 11.6 Å². The van der Waals surface area contributed by atoms with Gasteiger partial charge in [-0.3, -0.25) is 19.8 Å². The zero-order valence-electron chi connectivity index (χ0n) is 16.2. The Morgan fingerprint density at radius 2 is 1.77 bits per heavy atom. The molecule has 10 heteroatoms. The van der Waals surface area contributed by atoms with Gasteiger partial charge in [0.2, 0.25) is 11.8 Å². The summed E-state index contributed by atoms with van der Waals surface area (Å²) >= 11 is 0.